The molecule has 1 aliphatic rings. The molecule has 1 saturated heterocycles. The Hall–Kier alpha value is 0.250. The topological polar surface area (TPSA) is 40.5 Å². The molecule has 3 nitrogen and oxygen atoms in total. The number of aliphatic hydroxyl groups is 1. The number of Topliss-reactive ketones (excluding diaryl/α,β-unsaturated/α-hetero) is 1. The number of piperidine rings is 1. The molecular formula is C11H13Br2NO2S. The Labute approximate surface area is 121 Å². The fourth-order valence-corrected chi connectivity index (χ4v) is 4.75. The summed E-state index contributed by atoms with van der Waals surface area (Å²) in [6, 6.07) is 1.86. The fourth-order valence-electron chi connectivity index (χ4n) is 1.90. The SMILES string of the molecule is O=C(CN1CCC(O)CC1)c1cc(Br)sc1Br. The Morgan fingerprint density at radius 3 is 2.65 bits per heavy atom. The van der Waals surface area contributed by atoms with Crippen LogP contribution in [-0.4, -0.2) is 41.5 Å². The molecule has 1 fully saturated rings. The third-order valence-corrected chi connectivity index (χ3v) is 5.22. The lowest BCUT2D eigenvalue weighted by atomic mass is 10.1. The molecule has 1 aliphatic heterocycles. The number of thiophene rings is 1. The quantitative estimate of drug-likeness (QED) is 0.817. The third-order valence-electron chi connectivity index (χ3n) is 2.88. The Morgan fingerprint density at radius 1 is 1.47 bits per heavy atom. The minimum atomic E-state index is -0.191. The fraction of sp³-hybridized carbons (Fsp3) is 0.545. The number of carbonyl (C=O) groups is 1. The van der Waals surface area contributed by atoms with Crippen LogP contribution >= 0.6 is 43.2 Å². The molecule has 0 amide bonds. The van der Waals surface area contributed by atoms with Gasteiger partial charge in [-0.15, -0.1) is 11.3 Å². The summed E-state index contributed by atoms with van der Waals surface area (Å²) in [6.45, 7) is 2.04. The molecule has 17 heavy (non-hydrogen) atoms. The molecule has 1 aromatic rings. The van der Waals surface area contributed by atoms with Crippen LogP contribution in [0.15, 0.2) is 13.6 Å². The lowest BCUT2D eigenvalue weighted by molar-refractivity contribution is 0.0711. The Bertz CT molecular complexity index is 414. The van der Waals surface area contributed by atoms with Gasteiger partial charge < -0.3 is 5.11 Å². The van der Waals surface area contributed by atoms with Gasteiger partial charge in [-0.2, -0.15) is 0 Å². The number of ketones is 1. The van der Waals surface area contributed by atoms with Gasteiger partial charge in [-0.3, -0.25) is 9.69 Å². The van der Waals surface area contributed by atoms with Crippen molar-refractivity contribution in [3.8, 4) is 0 Å². The molecule has 2 heterocycles. The smallest absolute Gasteiger partial charge is 0.178 e. The van der Waals surface area contributed by atoms with Crippen molar-refractivity contribution in [3.05, 3.63) is 19.2 Å². The molecule has 1 aromatic heterocycles. The van der Waals surface area contributed by atoms with E-state index in [-0.39, 0.29) is 11.9 Å². The monoisotopic (exact) mass is 381 g/mol. The second-order valence-electron chi connectivity index (χ2n) is 4.17. The average Bonchev–Trinajstić information content (AvgIpc) is 2.61. The largest absolute Gasteiger partial charge is 0.393 e. The summed E-state index contributed by atoms with van der Waals surface area (Å²) in [6.07, 6.45) is 1.34. The van der Waals surface area contributed by atoms with Crippen LogP contribution in [0.25, 0.3) is 0 Å². The van der Waals surface area contributed by atoms with E-state index in [0.29, 0.717) is 6.54 Å². The van der Waals surface area contributed by atoms with Gasteiger partial charge >= 0.3 is 0 Å². The van der Waals surface area contributed by atoms with E-state index in [2.05, 4.69) is 36.8 Å². The van der Waals surface area contributed by atoms with Gasteiger partial charge in [0, 0.05) is 18.7 Å². The number of aliphatic hydroxyl groups excluding tert-OH is 1. The van der Waals surface area contributed by atoms with Crippen molar-refractivity contribution in [3.63, 3.8) is 0 Å². The first kappa shape index (κ1) is 13.7. The van der Waals surface area contributed by atoms with E-state index in [1.165, 1.54) is 11.3 Å². The molecule has 1 N–H and O–H groups in total. The first-order chi connectivity index (χ1) is 8.06. The van der Waals surface area contributed by atoms with E-state index < -0.39 is 0 Å². The van der Waals surface area contributed by atoms with Gasteiger partial charge in [-0.05, 0) is 50.8 Å². The second kappa shape index (κ2) is 5.93. The van der Waals surface area contributed by atoms with E-state index in [1.807, 2.05) is 6.07 Å². The van der Waals surface area contributed by atoms with Gasteiger partial charge in [0.2, 0.25) is 0 Å². The highest BCUT2D eigenvalue weighted by molar-refractivity contribution is 9.12. The van der Waals surface area contributed by atoms with Crippen LogP contribution in [-0.2, 0) is 0 Å². The van der Waals surface area contributed by atoms with Gasteiger partial charge in [-0.25, -0.2) is 0 Å². The van der Waals surface area contributed by atoms with Crippen LogP contribution in [0.2, 0.25) is 0 Å². The van der Waals surface area contributed by atoms with Crippen molar-refractivity contribution in [2.75, 3.05) is 19.6 Å². The van der Waals surface area contributed by atoms with Crippen molar-refractivity contribution in [2.24, 2.45) is 0 Å². The Balaban J connectivity index is 1.95. The number of nitrogens with zero attached hydrogens (tertiary/aromatic N) is 1. The second-order valence-corrected chi connectivity index (χ2v) is 7.92. The number of hydrogen-bond acceptors (Lipinski definition) is 4. The zero-order valence-corrected chi connectivity index (χ0v) is 13.1. The van der Waals surface area contributed by atoms with Crippen molar-refractivity contribution < 1.29 is 9.90 Å². The highest BCUT2D eigenvalue weighted by Crippen LogP contribution is 2.32. The first-order valence-corrected chi connectivity index (χ1v) is 7.85. The molecule has 0 spiro atoms. The maximum Gasteiger partial charge on any atom is 0.178 e. The number of likely N-dealkylation sites (tertiary alicyclic amines) is 1. The van der Waals surface area contributed by atoms with Gasteiger partial charge in [0.25, 0.3) is 0 Å². The standard InChI is InChI=1S/C11H13Br2NO2S/c12-10-5-8(11(13)17-10)9(16)6-14-3-1-7(15)2-4-14/h5,7,15H,1-4,6H2. The highest BCUT2D eigenvalue weighted by atomic mass is 79.9. The van der Waals surface area contributed by atoms with E-state index in [1.54, 1.807) is 0 Å². The van der Waals surface area contributed by atoms with Crippen molar-refractivity contribution in [1.82, 2.24) is 4.90 Å². The lowest BCUT2D eigenvalue weighted by Crippen LogP contribution is -2.39. The summed E-state index contributed by atoms with van der Waals surface area (Å²) >= 11 is 8.29. The van der Waals surface area contributed by atoms with Crippen molar-refractivity contribution in [1.29, 1.82) is 0 Å². The summed E-state index contributed by atoms with van der Waals surface area (Å²) in [5.41, 5.74) is 0.744. The van der Waals surface area contributed by atoms with Crippen LogP contribution in [0.5, 0.6) is 0 Å². The first-order valence-electron chi connectivity index (χ1n) is 5.44. The molecule has 6 heteroatoms. The number of hydrogen-bond donors (Lipinski definition) is 1. The molecular weight excluding hydrogens is 370 g/mol. The molecule has 0 aromatic carbocycles. The minimum absolute atomic E-state index is 0.134. The molecule has 0 atom stereocenters. The molecule has 94 valence electrons. The summed E-state index contributed by atoms with van der Waals surface area (Å²) < 4.78 is 1.84. The van der Waals surface area contributed by atoms with Gasteiger partial charge in [0.1, 0.15) is 0 Å². The summed E-state index contributed by atoms with van der Waals surface area (Å²) in [4.78, 5) is 14.2. The average molecular weight is 383 g/mol. The zero-order chi connectivity index (χ0) is 12.4. The van der Waals surface area contributed by atoms with E-state index in [9.17, 15) is 9.90 Å². The van der Waals surface area contributed by atoms with E-state index in [0.717, 1.165) is 39.1 Å². The highest BCUT2D eigenvalue weighted by Gasteiger charge is 2.21. The molecule has 0 unspecified atom stereocenters. The van der Waals surface area contributed by atoms with Crippen LogP contribution in [0, 0.1) is 0 Å². The van der Waals surface area contributed by atoms with Crippen LogP contribution < -0.4 is 0 Å². The van der Waals surface area contributed by atoms with Crippen LogP contribution in [0.3, 0.4) is 0 Å². The number of halogens is 2. The normalized spacial score (nSPS) is 18.5. The predicted octanol–water partition coefficient (Wildman–Crippen LogP) is 2.91. The number of carbonyl (C=O) groups excluding carboxylic acids is 1. The zero-order valence-electron chi connectivity index (χ0n) is 9.16. The van der Waals surface area contributed by atoms with Gasteiger partial charge in [0.15, 0.2) is 5.78 Å². The minimum Gasteiger partial charge on any atom is -0.393 e. The summed E-state index contributed by atoms with van der Waals surface area (Å²) in [5.74, 6) is 0.134. The maximum absolute atomic E-state index is 12.1. The van der Waals surface area contributed by atoms with Gasteiger partial charge in [0.05, 0.1) is 20.2 Å². The number of rotatable bonds is 3. The van der Waals surface area contributed by atoms with Crippen LogP contribution in [0.4, 0.5) is 0 Å². The molecule has 0 aliphatic carbocycles. The predicted molar refractivity (Wildman–Crippen MR) is 75.7 cm³/mol. The summed E-state index contributed by atoms with van der Waals surface area (Å²) in [5, 5.41) is 9.40. The Morgan fingerprint density at radius 2 is 2.12 bits per heavy atom. The van der Waals surface area contributed by atoms with E-state index in [4.69, 9.17) is 0 Å². The van der Waals surface area contributed by atoms with Crippen LogP contribution in [0.1, 0.15) is 23.2 Å². The Kier molecular flexibility index (Phi) is 4.77. The summed E-state index contributed by atoms with van der Waals surface area (Å²) in [7, 11) is 0. The third kappa shape index (κ3) is 3.61. The molecule has 0 bridgehead atoms. The molecule has 2 rings (SSSR count). The maximum atomic E-state index is 12.1. The lowest BCUT2D eigenvalue weighted by Gasteiger charge is -2.28. The van der Waals surface area contributed by atoms with E-state index >= 15 is 0 Å². The molecule has 0 radical (unpaired) electrons. The van der Waals surface area contributed by atoms with Crippen molar-refractivity contribution in [2.45, 2.75) is 18.9 Å². The van der Waals surface area contributed by atoms with Crippen molar-refractivity contribution >= 4 is 49.0 Å². The molecule has 0 saturated carbocycles. The van der Waals surface area contributed by atoms with Gasteiger partial charge in [-0.1, -0.05) is 0 Å².